The Kier molecular flexibility index (Phi) is 5.35. The average Bonchev–Trinajstić information content (AvgIpc) is 2.55. The monoisotopic (exact) mass is 317 g/mol. The maximum atomic E-state index is 14.2. The van der Waals surface area contributed by atoms with E-state index in [4.69, 9.17) is 5.11 Å². The van der Waals surface area contributed by atoms with E-state index in [1.807, 2.05) is 0 Å². The van der Waals surface area contributed by atoms with Crippen LogP contribution in [0.4, 0.5) is 4.39 Å². The van der Waals surface area contributed by atoms with Crippen molar-refractivity contribution in [2.24, 2.45) is 0 Å². The minimum Gasteiger partial charge on any atom is -0.480 e. The van der Waals surface area contributed by atoms with Crippen molar-refractivity contribution in [2.45, 2.75) is 25.8 Å². The maximum absolute atomic E-state index is 14.2. The minimum absolute atomic E-state index is 0.201. The van der Waals surface area contributed by atoms with Gasteiger partial charge in [0, 0.05) is 18.0 Å². The van der Waals surface area contributed by atoms with Gasteiger partial charge in [-0.05, 0) is 24.1 Å². The van der Waals surface area contributed by atoms with Crippen LogP contribution in [0.3, 0.4) is 0 Å². The van der Waals surface area contributed by atoms with Gasteiger partial charge in [0.25, 0.3) is 5.91 Å². The van der Waals surface area contributed by atoms with E-state index in [0.29, 0.717) is 17.5 Å². The minimum atomic E-state index is -1.14. The summed E-state index contributed by atoms with van der Waals surface area (Å²) in [7, 11) is 0. The third-order valence-corrected chi connectivity index (χ3v) is 3.29. The van der Waals surface area contributed by atoms with Gasteiger partial charge in [0.05, 0.1) is 5.56 Å². The number of aliphatic carboxylic acids is 1. The highest BCUT2D eigenvalue weighted by molar-refractivity contribution is 5.97. The molecule has 0 saturated carbocycles. The molecule has 1 atom stereocenters. The first-order valence-electron chi connectivity index (χ1n) is 7.11. The quantitative estimate of drug-likeness (QED) is 0.852. The van der Waals surface area contributed by atoms with Crippen LogP contribution in [0, 0.1) is 5.82 Å². The van der Waals surface area contributed by atoms with Crippen LogP contribution in [0.1, 0.15) is 30.1 Å². The zero-order chi connectivity index (χ0) is 16.8. The molecule has 0 aliphatic rings. The van der Waals surface area contributed by atoms with Crippen LogP contribution < -0.4 is 5.32 Å². The predicted molar refractivity (Wildman–Crippen MR) is 81.2 cm³/mol. The normalized spacial score (nSPS) is 11.7. The lowest BCUT2D eigenvalue weighted by Gasteiger charge is -2.14. The van der Waals surface area contributed by atoms with Gasteiger partial charge in [-0.25, -0.2) is 19.2 Å². The second kappa shape index (κ2) is 7.44. The molecule has 0 fully saturated rings. The Morgan fingerprint density at radius 1 is 1.26 bits per heavy atom. The second-order valence-electron chi connectivity index (χ2n) is 4.97. The van der Waals surface area contributed by atoms with Crippen molar-refractivity contribution in [2.75, 3.05) is 0 Å². The summed E-state index contributed by atoms with van der Waals surface area (Å²) in [4.78, 5) is 30.8. The molecule has 2 N–H and O–H groups in total. The van der Waals surface area contributed by atoms with E-state index in [1.165, 1.54) is 30.9 Å². The average molecular weight is 317 g/mol. The molecule has 0 spiro atoms. The fourth-order valence-corrected chi connectivity index (χ4v) is 2.11. The maximum Gasteiger partial charge on any atom is 0.326 e. The van der Waals surface area contributed by atoms with Crippen molar-refractivity contribution in [3.05, 3.63) is 48.3 Å². The SMILES string of the molecule is CCCC(NC(=O)c1ccc(-c2cncnc2)cc1F)C(=O)O. The molecular formula is C16H16FN3O3. The Bertz CT molecular complexity index is 707. The van der Waals surface area contributed by atoms with E-state index in [-0.39, 0.29) is 12.0 Å². The first-order chi connectivity index (χ1) is 11.0. The number of nitrogens with zero attached hydrogens (tertiary/aromatic N) is 2. The van der Waals surface area contributed by atoms with Gasteiger partial charge >= 0.3 is 5.97 Å². The third-order valence-electron chi connectivity index (χ3n) is 3.29. The van der Waals surface area contributed by atoms with E-state index in [1.54, 1.807) is 13.0 Å². The van der Waals surface area contributed by atoms with Crippen LogP contribution in [0.25, 0.3) is 11.1 Å². The highest BCUT2D eigenvalue weighted by Gasteiger charge is 2.21. The number of benzene rings is 1. The zero-order valence-corrected chi connectivity index (χ0v) is 12.5. The van der Waals surface area contributed by atoms with Gasteiger partial charge in [-0.15, -0.1) is 0 Å². The lowest BCUT2D eigenvalue weighted by atomic mass is 10.1. The van der Waals surface area contributed by atoms with E-state index < -0.39 is 23.7 Å². The number of amides is 1. The topological polar surface area (TPSA) is 92.2 Å². The van der Waals surface area contributed by atoms with Crippen molar-refractivity contribution in [1.82, 2.24) is 15.3 Å². The summed E-state index contributed by atoms with van der Waals surface area (Å²) in [6.45, 7) is 1.80. The molecule has 0 aliphatic heterocycles. The largest absolute Gasteiger partial charge is 0.480 e. The van der Waals surface area contributed by atoms with E-state index in [2.05, 4.69) is 15.3 Å². The Balaban J connectivity index is 2.20. The molecule has 2 rings (SSSR count). The fraction of sp³-hybridized carbons (Fsp3) is 0.250. The van der Waals surface area contributed by atoms with Gasteiger partial charge in [0.2, 0.25) is 0 Å². The molecule has 2 aromatic rings. The number of hydrogen-bond donors (Lipinski definition) is 2. The molecule has 6 nitrogen and oxygen atoms in total. The molecule has 0 radical (unpaired) electrons. The number of carbonyl (C=O) groups is 2. The van der Waals surface area contributed by atoms with E-state index in [9.17, 15) is 14.0 Å². The number of aromatic nitrogens is 2. The zero-order valence-electron chi connectivity index (χ0n) is 12.5. The molecular weight excluding hydrogens is 301 g/mol. The summed E-state index contributed by atoms with van der Waals surface area (Å²) in [6, 6.07) is 3.04. The first kappa shape index (κ1) is 16.5. The predicted octanol–water partition coefficient (Wildman–Crippen LogP) is 2.27. The molecule has 0 bridgehead atoms. The molecule has 7 heteroatoms. The van der Waals surface area contributed by atoms with Crippen LogP contribution in [0.15, 0.2) is 36.9 Å². The smallest absolute Gasteiger partial charge is 0.326 e. The highest BCUT2D eigenvalue weighted by atomic mass is 19.1. The van der Waals surface area contributed by atoms with E-state index >= 15 is 0 Å². The molecule has 0 aliphatic carbocycles. The standard InChI is InChI=1S/C16H16FN3O3/c1-2-3-14(16(22)23)20-15(21)12-5-4-10(6-13(12)17)11-7-18-9-19-8-11/h4-9,14H,2-3H2,1H3,(H,20,21)(H,22,23). The number of hydrogen-bond acceptors (Lipinski definition) is 4. The van der Waals surface area contributed by atoms with Crippen molar-refractivity contribution in [3.8, 4) is 11.1 Å². The number of halogens is 1. The summed E-state index contributed by atoms with van der Waals surface area (Å²) in [5.74, 6) is -2.62. The Morgan fingerprint density at radius 2 is 1.96 bits per heavy atom. The lowest BCUT2D eigenvalue weighted by Crippen LogP contribution is -2.40. The molecule has 1 heterocycles. The van der Waals surface area contributed by atoms with Crippen molar-refractivity contribution in [3.63, 3.8) is 0 Å². The number of carboxylic acid groups (broad SMARTS) is 1. The van der Waals surface area contributed by atoms with Gasteiger partial charge in [-0.2, -0.15) is 0 Å². The van der Waals surface area contributed by atoms with Crippen molar-refractivity contribution < 1.29 is 19.1 Å². The number of carbonyl (C=O) groups excluding carboxylic acids is 1. The fourth-order valence-electron chi connectivity index (χ4n) is 2.11. The summed E-state index contributed by atoms with van der Waals surface area (Å²) in [5, 5.41) is 11.4. The first-order valence-corrected chi connectivity index (χ1v) is 7.11. The molecule has 23 heavy (non-hydrogen) atoms. The van der Waals surface area contributed by atoms with Crippen molar-refractivity contribution in [1.29, 1.82) is 0 Å². The van der Waals surface area contributed by atoms with Crippen LogP contribution >= 0.6 is 0 Å². The third kappa shape index (κ3) is 4.09. The molecule has 1 aromatic heterocycles. The number of nitrogens with one attached hydrogen (secondary N) is 1. The Hall–Kier alpha value is -2.83. The highest BCUT2D eigenvalue weighted by Crippen LogP contribution is 2.20. The van der Waals surface area contributed by atoms with Crippen molar-refractivity contribution >= 4 is 11.9 Å². The van der Waals surface area contributed by atoms with Crippen LogP contribution in [0.5, 0.6) is 0 Å². The molecule has 120 valence electrons. The van der Waals surface area contributed by atoms with Crippen LogP contribution in [-0.2, 0) is 4.79 Å². The molecule has 1 unspecified atom stereocenters. The Labute approximate surface area is 132 Å². The van der Waals surface area contributed by atoms with Gasteiger partial charge < -0.3 is 10.4 Å². The molecule has 1 aromatic carbocycles. The summed E-state index contributed by atoms with van der Waals surface area (Å²) in [6.07, 6.45) is 5.29. The summed E-state index contributed by atoms with van der Waals surface area (Å²) >= 11 is 0. The number of carboxylic acids is 1. The van der Waals surface area contributed by atoms with Crippen LogP contribution in [-0.4, -0.2) is 33.0 Å². The Morgan fingerprint density at radius 3 is 2.52 bits per heavy atom. The van der Waals surface area contributed by atoms with Gasteiger partial charge in [-0.1, -0.05) is 19.4 Å². The lowest BCUT2D eigenvalue weighted by molar-refractivity contribution is -0.139. The number of rotatable bonds is 6. The molecule has 1 amide bonds. The molecule has 0 saturated heterocycles. The van der Waals surface area contributed by atoms with E-state index in [0.717, 1.165) is 0 Å². The van der Waals surface area contributed by atoms with Gasteiger partial charge in [0.1, 0.15) is 18.2 Å². The second-order valence-corrected chi connectivity index (χ2v) is 4.97. The van der Waals surface area contributed by atoms with Gasteiger partial charge in [-0.3, -0.25) is 4.79 Å². The van der Waals surface area contributed by atoms with Gasteiger partial charge in [0.15, 0.2) is 0 Å². The summed E-state index contributed by atoms with van der Waals surface area (Å²) < 4.78 is 14.2. The summed E-state index contributed by atoms with van der Waals surface area (Å²) in [5.41, 5.74) is 0.948. The van der Waals surface area contributed by atoms with Crippen LogP contribution in [0.2, 0.25) is 0 Å².